The molecule has 0 bridgehead atoms. The Morgan fingerprint density at radius 1 is 1.16 bits per heavy atom. The first kappa shape index (κ1) is 20.1. The quantitative estimate of drug-likeness (QED) is 0.431. The maximum atomic E-state index is 13.2. The van der Waals surface area contributed by atoms with E-state index in [0.29, 0.717) is 59.3 Å². The number of fused-ring (bicyclic) bond motifs is 3. The van der Waals surface area contributed by atoms with E-state index in [2.05, 4.69) is 5.32 Å². The number of rotatable bonds is 7. The second-order valence-corrected chi connectivity index (χ2v) is 7.51. The second-order valence-electron chi connectivity index (χ2n) is 7.51. The lowest BCUT2D eigenvalue weighted by Gasteiger charge is -2.08. The van der Waals surface area contributed by atoms with Crippen molar-refractivity contribution in [3.05, 3.63) is 53.6 Å². The van der Waals surface area contributed by atoms with Crippen LogP contribution in [0.25, 0.3) is 22.2 Å². The zero-order valence-electron chi connectivity index (χ0n) is 17.6. The van der Waals surface area contributed by atoms with Crippen molar-refractivity contribution < 1.29 is 19.0 Å². The van der Waals surface area contributed by atoms with Gasteiger partial charge in [0, 0.05) is 26.8 Å². The number of carbonyl (C=O) groups excluding carboxylic acids is 1. The molecule has 32 heavy (non-hydrogen) atoms. The Morgan fingerprint density at radius 3 is 2.75 bits per heavy atom. The van der Waals surface area contributed by atoms with Gasteiger partial charge in [0.2, 0.25) is 6.79 Å². The normalized spacial score (nSPS) is 12.5. The van der Waals surface area contributed by atoms with Gasteiger partial charge in [-0.2, -0.15) is 0 Å². The highest BCUT2D eigenvalue weighted by atomic mass is 16.7. The van der Waals surface area contributed by atoms with Gasteiger partial charge < -0.3 is 29.8 Å². The Balaban J connectivity index is 1.49. The maximum Gasteiger partial charge on any atom is 0.257 e. The van der Waals surface area contributed by atoms with Crippen LogP contribution in [0.5, 0.6) is 11.5 Å². The van der Waals surface area contributed by atoms with Crippen LogP contribution in [0.4, 0.5) is 5.82 Å². The number of para-hydroxylation sites is 2. The van der Waals surface area contributed by atoms with E-state index in [1.807, 2.05) is 47.0 Å². The number of hydrogen-bond acceptors (Lipinski definition) is 7. The molecular weight excluding hydrogens is 410 g/mol. The van der Waals surface area contributed by atoms with Gasteiger partial charge in [-0.05, 0) is 36.2 Å². The van der Waals surface area contributed by atoms with E-state index in [1.165, 1.54) is 0 Å². The summed E-state index contributed by atoms with van der Waals surface area (Å²) in [5.41, 5.74) is 10.2. The Labute approximate surface area is 184 Å². The highest BCUT2D eigenvalue weighted by molar-refractivity contribution is 6.10. The number of anilines is 1. The van der Waals surface area contributed by atoms with Crippen molar-refractivity contribution in [2.75, 3.05) is 26.2 Å². The van der Waals surface area contributed by atoms with Gasteiger partial charge in [0.05, 0.1) is 11.0 Å². The van der Waals surface area contributed by atoms with Gasteiger partial charge >= 0.3 is 0 Å². The summed E-state index contributed by atoms with van der Waals surface area (Å²) in [6, 6.07) is 13.1. The van der Waals surface area contributed by atoms with E-state index in [0.717, 1.165) is 17.5 Å². The first-order chi connectivity index (χ1) is 15.7. The molecule has 3 N–H and O–H groups in total. The third-order valence-electron chi connectivity index (χ3n) is 5.44. The van der Waals surface area contributed by atoms with Crippen LogP contribution in [0.3, 0.4) is 0 Å². The van der Waals surface area contributed by atoms with Crippen LogP contribution < -0.4 is 20.5 Å². The fourth-order valence-electron chi connectivity index (χ4n) is 3.86. The molecule has 164 valence electrons. The van der Waals surface area contributed by atoms with Gasteiger partial charge in [0.25, 0.3) is 5.91 Å². The average Bonchev–Trinajstić information content (AvgIpc) is 3.38. The number of nitrogens with one attached hydrogen (secondary N) is 1. The summed E-state index contributed by atoms with van der Waals surface area (Å²) in [6.07, 6.45) is 0.733. The third-order valence-corrected chi connectivity index (χ3v) is 5.44. The van der Waals surface area contributed by atoms with Gasteiger partial charge in [-0.3, -0.25) is 4.79 Å². The van der Waals surface area contributed by atoms with Crippen LogP contribution in [-0.4, -0.2) is 41.0 Å². The molecule has 3 heterocycles. The number of aryl methyl sites for hydroxylation is 1. The van der Waals surface area contributed by atoms with Crippen molar-refractivity contribution in [1.29, 1.82) is 0 Å². The van der Waals surface area contributed by atoms with E-state index in [4.69, 9.17) is 29.9 Å². The number of benzene rings is 2. The number of methoxy groups -OCH3 is 1. The Morgan fingerprint density at radius 2 is 1.94 bits per heavy atom. The molecule has 0 spiro atoms. The number of nitrogens with two attached hydrogens (primary N) is 1. The zero-order valence-corrected chi connectivity index (χ0v) is 17.6. The fourth-order valence-corrected chi connectivity index (χ4v) is 3.86. The van der Waals surface area contributed by atoms with Crippen molar-refractivity contribution in [3.63, 3.8) is 0 Å². The van der Waals surface area contributed by atoms with Crippen molar-refractivity contribution in [3.8, 4) is 11.5 Å². The molecule has 0 saturated carbocycles. The maximum absolute atomic E-state index is 13.2. The first-order valence-corrected chi connectivity index (χ1v) is 10.4. The van der Waals surface area contributed by atoms with E-state index in [9.17, 15) is 4.79 Å². The van der Waals surface area contributed by atoms with Crippen molar-refractivity contribution in [1.82, 2.24) is 19.9 Å². The summed E-state index contributed by atoms with van der Waals surface area (Å²) in [6.45, 7) is 1.66. The fraction of sp³-hybridized carbons (Fsp3) is 0.261. The highest BCUT2D eigenvalue weighted by Gasteiger charge is 2.24. The summed E-state index contributed by atoms with van der Waals surface area (Å²) in [4.78, 5) is 22.7. The smallest absolute Gasteiger partial charge is 0.257 e. The Bertz CT molecular complexity index is 1320. The molecule has 4 aromatic rings. The van der Waals surface area contributed by atoms with Crippen molar-refractivity contribution in [2.45, 2.75) is 19.5 Å². The van der Waals surface area contributed by atoms with Gasteiger partial charge in [-0.15, -0.1) is 0 Å². The molecule has 0 radical (unpaired) electrons. The standard InChI is InChI=1S/C23H23N5O4/c1-30-10-4-9-28-21(24)19(20-22(28)27-16-6-3-2-5-15(16)26-20)23(29)25-12-14-7-8-17-18(11-14)32-13-31-17/h2-3,5-8,11H,4,9-10,12-13,24H2,1H3,(H,25,29). The topological polar surface area (TPSA) is 114 Å². The number of nitrogens with zero attached hydrogens (tertiary/aromatic N) is 3. The van der Waals surface area contributed by atoms with E-state index in [1.54, 1.807) is 7.11 Å². The minimum absolute atomic E-state index is 0.205. The molecule has 9 heteroatoms. The van der Waals surface area contributed by atoms with Crippen LogP contribution >= 0.6 is 0 Å². The van der Waals surface area contributed by atoms with E-state index in [-0.39, 0.29) is 12.7 Å². The van der Waals surface area contributed by atoms with Crippen LogP contribution in [0.15, 0.2) is 42.5 Å². The van der Waals surface area contributed by atoms with E-state index < -0.39 is 0 Å². The molecule has 0 atom stereocenters. The highest BCUT2D eigenvalue weighted by Crippen LogP contribution is 2.33. The summed E-state index contributed by atoms with van der Waals surface area (Å²) >= 11 is 0. The molecule has 0 saturated heterocycles. The zero-order chi connectivity index (χ0) is 22.1. The summed E-state index contributed by atoms with van der Waals surface area (Å²) in [5.74, 6) is 1.41. The molecule has 1 aliphatic heterocycles. The first-order valence-electron chi connectivity index (χ1n) is 10.4. The molecule has 5 rings (SSSR count). The van der Waals surface area contributed by atoms with Gasteiger partial charge in [0.15, 0.2) is 17.1 Å². The summed E-state index contributed by atoms with van der Waals surface area (Å²) in [7, 11) is 1.65. The molecule has 9 nitrogen and oxygen atoms in total. The summed E-state index contributed by atoms with van der Waals surface area (Å²) < 4.78 is 17.8. The van der Waals surface area contributed by atoms with Gasteiger partial charge in [-0.1, -0.05) is 18.2 Å². The molecular formula is C23H23N5O4. The van der Waals surface area contributed by atoms with Crippen LogP contribution in [0.1, 0.15) is 22.3 Å². The Kier molecular flexibility index (Phi) is 5.24. The van der Waals surface area contributed by atoms with Crippen molar-refractivity contribution in [2.24, 2.45) is 0 Å². The number of carbonyl (C=O) groups is 1. The van der Waals surface area contributed by atoms with Crippen molar-refractivity contribution >= 4 is 33.9 Å². The van der Waals surface area contributed by atoms with Crippen LogP contribution in [0, 0.1) is 0 Å². The number of nitrogen functional groups attached to an aromatic ring is 1. The average molecular weight is 433 g/mol. The minimum Gasteiger partial charge on any atom is -0.454 e. The molecule has 1 aliphatic rings. The van der Waals surface area contributed by atoms with E-state index >= 15 is 0 Å². The summed E-state index contributed by atoms with van der Waals surface area (Å²) in [5, 5.41) is 2.95. The SMILES string of the molecule is COCCCn1c(N)c(C(=O)NCc2ccc3c(c2)OCO3)c2nc3ccccc3nc21. The third kappa shape index (κ3) is 3.56. The predicted molar refractivity (Wildman–Crippen MR) is 120 cm³/mol. The lowest BCUT2D eigenvalue weighted by atomic mass is 10.2. The molecule has 0 aliphatic carbocycles. The molecule has 2 aromatic carbocycles. The largest absolute Gasteiger partial charge is 0.454 e. The number of ether oxygens (including phenoxy) is 3. The molecule has 0 unspecified atom stereocenters. The lowest BCUT2D eigenvalue weighted by molar-refractivity contribution is 0.0953. The number of aromatic nitrogens is 3. The van der Waals surface area contributed by atoms with Crippen LogP contribution in [-0.2, 0) is 17.8 Å². The lowest BCUT2D eigenvalue weighted by Crippen LogP contribution is -2.24. The molecule has 1 amide bonds. The monoisotopic (exact) mass is 433 g/mol. The predicted octanol–water partition coefficient (Wildman–Crippen LogP) is 2.86. The Hall–Kier alpha value is -3.85. The number of hydrogen-bond donors (Lipinski definition) is 2. The van der Waals surface area contributed by atoms with Gasteiger partial charge in [0.1, 0.15) is 16.9 Å². The van der Waals surface area contributed by atoms with Gasteiger partial charge in [-0.25, -0.2) is 9.97 Å². The van der Waals surface area contributed by atoms with Crippen LogP contribution in [0.2, 0.25) is 0 Å². The second kappa shape index (κ2) is 8.35. The molecule has 0 fully saturated rings. The molecule has 2 aromatic heterocycles. The number of amides is 1. The minimum atomic E-state index is -0.305.